The van der Waals surface area contributed by atoms with E-state index < -0.39 is 0 Å². The number of fused-ring (bicyclic) bond motifs is 1. The highest BCUT2D eigenvalue weighted by Gasteiger charge is 2.28. The Morgan fingerprint density at radius 2 is 2.11 bits per heavy atom. The van der Waals surface area contributed by atoms with Crippen LogP contribution in [0.1, 0.15) is 42.9 Å². The largest absolute Gasteiger partial charge is 0.457 e. The minimum absolute atomic E-state index is 0.0195. The normalized spacial score (nSPS) is 26.5. The predicted molar refractivity (Wildman–Crippen MR) is 73.8 cm³/mol. The molecular weight excluding hydrogens is 238 g/mol. The highest BCUT2D eigenvalue weighted by atomic mass is 16.5. The molecule has 2 unspecified atom stereocenters. The lowest BCUT2D eigenvalue weighted by Gasteiger charge is -2.28. The monoisotopic (exact) mass is 259 g/mol. The quantitative estimate of drug-likeness (QED) is 0.830. The van der Waals surface area contributed by atoms with E-state index in [0.717, 1.165) is 45.2 Å². The van der Waals surface area contributed by atoms with Crippen molar-refractivity contribution in [3.05, 3.63) is 35.4 Å². The molecule has 0 radical (unpaired) electrons. The first-order chi connectivity index (χ1) is 9.34. The van der Waals surface area contributed by atoms with E-state index in [9.17, 15) is 4.79 Å². The van der Waals surface area contributed by atoms with Crippen LogP contribution in [0.25, 0.3) is 0 Å². The maximum atomic E-state index is 12.2. The number of esters is 1. The van der Waals surface area contributed by atoms with E-state index in [0.29, 0.717) is 0 Å². The van der Waals surface area contributed by atoms with Crippen LogP contribution in [0, 0.1) is 5.92 Å². The highest BCUT2D eigenvalue weighted by molar-refractivity contribution is 5.73. The lowest BCUT2D eigenvalue weighted by atomic mass is 9.89. The maximum Gasteiger partial charge on any atom is 0.310 e. The van der Waals surface area contributed by atoms with Gasteiger partial charge < -0.3 is 10.1 Å². The van der Waals surface area contributed by atoms with Gasteiger partial charge in [0, 0.05) is 6.54 Å². The summed E-state index contributed by atoms with van der Waals surface area (Å²) in [6.45, 7) is 1.79. The molecule has 2 aliphatic rings. The molecule has 1 aliphatic heterocycles. The Labute approximate surface area is 114 Å². The topological polar surface area (TPSA) is 38.3 Å². The molecule has 3 rings (SSSR count). The molecule has 0 spiro atoms. The number of carbonyl (C=O) groups excluding carboxylic acids is 1. The van der Waals surface area contributed by atoms with Crippen LogP contribution in [-0.2, 0) is 16.0 Å². The minimum Gasteiger partial charge on any atom is -0.457 e. The van der Waals surface area contributed by atoms with Crippen molar-refractivity contribution in [3.8, 4) is 0 Å². The average molecular weight is 259 g/mol. The summed E-state index contributed by atoms with van der Waals surface area (Å²) in [5, 5.41) is 3.27. The summed E-state index contributed by atoms with van der Waals surface area (Å²) in [5.74, 6) is 0.0248. The molecule has 1 saturated heterocycles. The van der Waals surface area contributed by atoms with Gasteiger partial charge in [-0.3, -0.25) is 4.79 Å². The Hall–Kier alpha value is -1.35. The van der Waals surface area contributed by atoms with Gasteiger partial charge in [0.2, 0.25) is 0 Å². The molecule has 1 fully saturated rings. The smallest absolute Gasteiger partial charge is 0.310 e. The first kappa shape index (κ1) is 12.7. The zero-order valence-electron chi connectivity index (χ0n) is 11.2. The molecule has 0 aromatic heterocycles. The summed E-state index contributed by atoms with van der Waals surface area (Å²) in [7, 11) is 0. The van der Waals surface area contributed by atoms with Gasteiger partial charge in [-0.15, -0.1) is 0 Å². The molecule has 0 amide bonds. The number of piperidine rings is 1. The maximum absolute atomic E-state index is 12.2. The van der Waals surface area contributed by atoms with Crippen molar-refractivity contribution in [1.82, 2.24) is 5.32 Å². The van der Waals surface area contributed by atoms with Gasteiger partial charge in [0.25, 0.3) is 0 Å². The molecule has 1 aliphatic carbocycles. The summed E-state index contributed by atoms with van der Waals surface area (Å²) in [6, 6.07) is 8.35. The second kappa shape index (κ2) is 5.74. The molecule has 0 saturated carbocycles. The summed E-state index contributed by atoms with van der Waals surface area (Å²) in [6.07, 6.45) is 5.18. The van der Waals surface area contributed by atoms with Crippen LogP contribution in [0.15, 0.2) is 24.3 Å². The van der Waals surface area contributed by atoms with Crippen molar-refractivity contribution in [2.75, 3.05) is 13.1 Å². The third kappa shape index (κ3) is 2.81. The standard InChI is InChI=1S/C16H21NO2/c18-16(13-7-4-10-17-11-13)19-15-9-3-6-12-5-1-2-8-14(12)15/h1-2,5,8,13,15,17H,3-4,6-7,9-11H2. The fraction of sp³-hybridized carbons (Fsp3) is 0.562. The van der Waals surface area contributed by atoms with Crippen molar-refractivity contribution < 1.29 is 9.53 Å². The fourth-order valence-electron chi connectivity index (χ4n) is 3.12. The molecule has 102 valence electrons. The predicted octanol–water partition coefficient (Wildman–Crippen LogP) is 2.61. The Balaban J connectivity index is 1.68. The molecule has 2 atom stereocenters. The van der Waals surface area contributed by atoms with Crippen LogP contribution < -0.4 is 5.32 Å². The van der Waals surface area contributed by atoms with Gasteiger partial charge in [0.15, 0.2) is 0 Å². The van der Waals surface area contributed by atoms with Crippen molar-refractivity contribution in [1.29, 1.82) is 0 Å². The van der Waals surface area contributed by atoms with Gasteiger partial charge in [-0.1, -0.05) is 24.3 Å². The summed E-state index contributed by atoms with van der Waals surface area (Å²) >= 11 is 0. The van der Waals surface area contributed by atoms with Gasteiger partial charge in [-0.2, -0.15) is 0 Å². The first-order valence-electron chi connectivity index (χ1n) is 7.33. The third-order valence-corrected chi connectivity index (χ3v) is 4.20. The van der Waals surface area contributed by atoms with Crippen LogP contribution in [0.3, 0.4) is 0 Å². The summed E-state index contributed by atoms with van der Waals surface area (Å²) in [5.41, 5.74) is 2.55. The molecular formula is C16H21NO2. The highest BCUT2D eigenvalue weighted by Crippen LogP contribution is 2.33. The van der Waals surface area contributed by atoms with Crippen molar-refractivity contribution >= 4 is 5.97 Å². The van der Waals surface area contributed by atoms with Crippen molar-refractivity contribution in [2.45, 2.75) is 38.2 Å². The number of hydrogen-bond acceptors (Lipinski definition) is 3. The molecule has 19 heavy (non-hydrogen) atoms. The second-order valence-electron chi connectivity index (χ2n) is 5.56. The van der Waals surface area contributed by atoms with Gasteiger partial charge >= 0.3 is 5.97 Å². The minimum atomic E-state index is -0.0284. The third-order valence-electron chi connectivity index (χ3n) is 4.20. The number of carbonyl (C=O) groups is 1. The summed E-state index contributed by atoms with van der Waals surface area (Å²) < 4.78 is 5.78. The molecule has 3 heteroatoms. The van der Waals surface area contributed by atoms with Crippen molar-refractivity contribution in [3.63, 3.8) is 0 Å². The molecule has 0 bridgehead atoms. The van der Waals surface area contributed by atoms with Gasteiger partial charge in [-0.25, -0.2) is 0 Å². The zero-order chi connectivity index (χ0) is 13.1. The van der Waals surface area contributed by atoms with E-state index in [1.165, 1.54) is 11.1 Å². The number of hydrogen-bond donors (Lipinski definition) is 1. The Kier molecular flexibility index (Phi) is 3.83. The fourth-order valence-corrected chi connectivity index (χ4v) is 3.12. The van der Waals surface area contributed by atoms with E-state index in [1.807, 2.05) is 6.07 Å². The van der Waals surface area contributed by atoms with Crippen LogP contribution in [0.2, 0.25) is 0 Å². The van der Waals surface area contributed by atoms with Gasteiger partial charge in [0.05, 0.1) is 5.92 Å². The number of aryl methyl sites for hydroxylation is 1. The average Bonchev–Trinajstić information content (AvgIpc) is 2.48. The second-order valence-corrected chi connectivity index (χ2v) is 5.56. The molecule has 1 heterocycles. The number of ether oxygens (including phenoxy) is 1. The van der Waals surface area contributed by atoms with Crippen molar-refractivity contribution in [2.24, 2.45) is 5.92 Å². The lowest BCUT2D eigenvalue weighted by Crippen LogP contribution is -2.36. The van der Waals surface area contributed by atoms with Crippen LogP contribution >= 0.6 is 0 Å². The summed E-state index contributed by atoms with van der Waals surface area (Å²) in [4.78, 5) is 12.2. The lowest BCUT2D eigenvalue weighted by molar-refractivity contribution is -0.155. The van der Waals surface area contributed by atoms with E-state index >= 15 is 0 Å². The van der Waals surface area contributed by atoms with E-state index in [1.54, 1.807) is 0 Å². The number of nitrogens with one attached hydrogen (secondary N) is 1. The Bertz CT molecular complexity index is 452. The van der Waals surface area contributed by atoms with Gasteiger partial charge in [0.1, 0.15) is 6.10 Å². The zero-order valence-corrected chi connectivity index (χ0v) is 11.2. The molecule has 1 N–H and O–H groups in total. The van der Waals surface area contributed by atoms with E-state index in [4.69, 9.17) is 4.74 Å². The van der Waals surface area contributed by atoms with Crippen LogP contribution in [0.4, 0.5) is 0 Å². The Morgan fingerprint density at radius 1 is 1.21 bits per heavy atom. The van der Waals surface area contributed by atoms with E-state index in [2.05, 4.69) is 23.5 Å². The van der Waals surface area contributed by atoms with E-state index in [-0.39, 0.29) is 18.0 Å². The Morgan fingerprint density at radius 3 is 2.95 bits per heavy atom. The van der Waals surface area contributed by atoms with Crippen LogP contribution in [0.5, 0.6) is 0 Å². The molecule has 1 aromatic carbocycles. The first-order valence-corrected chi connectivity index (χ1v) is 7.33. The molecule has 3 nitrogen and oxygen atoms in total. The van der Waals surface area contributed by atoms with Crippen LogP contribution in [-0.4, -0.2) is 19.1 Å². The SMILES string of the molecule is O=C(OC1CCCc2ccccc21)C1CCCNC1. The van der Waals surface area contributed by atoms with Gasteiger partial charge in [-0.05, 0) is 49.8 Å². The number of rotatable bonds is 2. The molecule has 1 aromatic rings. The number of benzene rings is 1.